The first kappa shape index (κ1) is 17.9. The van der Waals surface area contributed by atoms with E-state index in [2.05, 4.69) is 5.32 Å². The van der Waals surface area contributed by atoms with Gasteiger partial charge in [-0.3, -0.25) is 24.3 Å². The van der Waals surface area contributed by atoms with Crippen molar-refractivity contribution in [3.8, 4) is 0 Å². The van der Waals surface area contributed by atoms with Crippen molar-refractivity contribution in [3.05, 3.63) is 79.0 Å². The minimum atomic E-state index is -0.525. The van der Waals surface area contributed by atoms with Gasteiger partial charge in [0.25, 0.3) is 11.2 Å². The molecule has 132 valence electrons. The standard InChI is InChI=1S/C17H11Cl2N3O4/c18-11-2-4-13(19)14(8-11)20-16(23)9-21-15-5-3-12(22(25)26)7-10(15)1-6-17(21)24/h1-8H,9H2,(H,20,23). The van der Waals surface area contributed by atoms with E-state index < -0.39 is 16.4 Å². The number of aromatic nitrogens is 1. The molecule has 1 N–H and O–H groups in total. The molecule has 3 aromatic rings. The van der Waals surface area contributed by atoms with Gasteiger partial charge in [0.05, 0.1) is 21.2 Å². The van der Waals surface area contributed by atoms with Crippen LogP contribution in [0.1, 0.15) is 0 Å². The van der Waals surface area contributed by atoms with Gasteiger partial charge in [-0.15, -0.1) is 0 Å². The zero-order chi connectivity index (χ0) is 18.8. The summed E-state index contributed by atoms with van der Waals surface area (Å²) < 4.78 is 1.23. The number of hydrogen-bond acceptors (Lipinski definition) is 4. The number of pyridine rings is 1. The molecular formula is C17H11Cl2N3O4. The van der Waals surface area contributed by atoms with Crippen LogP contribution in [0.4, 0.5) is 11.4 Å². The summed E-state index contributed by atoms with van der Waals surface area (Å²) in [4.78, 5) is 34.9. The maximum absolute atomic E-state index is 12.3. The van der Waals surface area contributed by atoms with Gasteiger partial charge in [0.2, 0.25) is 5.91 Å². The summed E-state index contributed by atoms with van der Waals surface area (Å²) in [6.07, 6.45) is 0. The molecule has 0 bridgehead atoms. The Morgan fingerprint density at radius 3 is 2.62 bits per heavy atom. The number of rotatable bonds is 4. The SMILES string of the molecule is O=C(Cn1c(=O)ccc2cc([N+](=O)[O-])ccc21)Nc1cc(Cl)ccc1Cl. The summed E-state index contributed by atoms with van der Waals surface area (Å²) in [5.74, 6) is -0.484. The number of carbonyl (C=O) groups is 1. The maximum Gasteiger partial charge on any atom is 0.270 e. The summed E-state index contributed by atoms with van der Waals surface area (Å²) >= 11 is 11.9. The first-order valence-electron chi connectivity index (χ1n) is 7.38. The maximum atomic E-state index is 12.3. The lowest BCUT2D eigenvalue weighted by Gasteiger charge is -2.11. The van der Waals surface area contributed by atoms with Gasteiger partial charge in [-0.25, -0.2) is 0 Å². The fraction of sp³-hybridized carbons (Fsp3) is 0.0588. The molecule has 1 amide bonds. The lowest BCUT2D eigenvalue weighted by molar-refractivity contribution is -0.384. The molecular weight excluding hydrogens is 381 g/mol. The molecule has 0 aliphatic carbocycles. The number of carbonyl (C=O) groups excluding carboxylic acids is 1. The number of nitrogens with one attached hydrogen (secondary N) is 1. The Kier molecular flexibility index (Phi) is 4.92. The number of nitro groups is 1. The number of anilines is 1. The third-order valence-corrected chi connectivity index (χ3v) is 4.25. The molecule has 0 saturated heterocycles. The fourth-order valence-electron chi connectivity index (χ4n) is 2.49. The summed E-state index contributed by atoms with van der Waals surface area (Å²) in [5.41, 5.74) is 0.236. The smallest absolute Gasteiger partial charge is 0.270 e. The van der Waals surface area contributed by atoms with Crippen LogP contribution >= 0.6 is 23.2 Å². The quantitative estimate of drug-likeness (QED) is 0.539. The van der Waals surface area contributed by atoms with Crippen LogP contribution < -0.4 is 10.9 Å². The summed E-state index contributed by atoms with van der Waals surface area (Å²) in [7, 11) is 0. The zero-order valence-electron chi connectivity index (χ0n) is 13.1. The first-order chi connectivity index (χ1) is 12.3. The number of nitro benzene ring substituents is 1. The molecule has 1 heterocycles. The summed E-state index contributed by atoms with van der Waals surface area (Å²) in [5, 5.41) is 14.7. The largest absolute Gasteiger partial charge is 0.323 e. The normalized spacial score (nSPS) is 10.7. The molecule has 0 fully saturated rings. The van der Waals surface area contributed by atoms with Crippen LogP contribution in [0.2, 0.25) is 10.0 Å². The second-order valence-electron chi connectivity index (χ2n) is 5.43. The van der Waals surface area contributed by atoms with E-state index in [0.717, 1.165) is 0 Å². The van der Waals surface area contributed by atoms with Crippen molar-refractivity contribution in [1.82, 2.24) is 4.57 Å². The number of halogens is 2. The lowest BCUT2D eigenvalue weighted by atomic mass is 10.2. The fourth-order valence-corrected chi connectivity index (χ4v) is 2.83. The topological polar surface area (TPSA) is 94.2 Å². The number of amides is 1. The molecule has 0 saturated carbocycles. The molecule has 9 heteroatoms. The molecule has 3 rings (SSSR count). The van der Waals surface area contributed by atoms with Crippen molar-refractivity contribution < 1.29 is 9.72 Å². The molecule has 0 aliphatic rings. The van der Waals surface area contributed by atoms with Crippen molar-refractivity contribution in [3.63, 3.8) is 0 Å². The number of hydrogen-bond donors (Lipinski definition) is 1. The van der Waals surface area contributed by atoms with E-state index in [1.165, 1.54) is 41.0 Å². The molecule has 0 atom stereocenters. The Hall–Kier alpha value is -2.90. The van der Waals surface area contributed by atoms with Gasteiger partial charge >= 0.3 is 0 Å². The Morgan fingerprint density at radius 1 is 1.12 bits per heavy atom. The minimum absolute atomic E-state index is 0.0992. The molecule has 7 nitrogen and oxygen atoms in total. The van der Waals surface area contributed by atoms with Crippen molar-refractivity contribution in [2.24, 2.45) is 0 Å². The monoisotopic (exact) mass is 391 g/mol. The Balaban J connectivity index is 1.93. The Bertz CT molecular complexity index is 1100. The number of benzene rings is 2. The highest BCUT2D eigenvalue weighted by molar-refractivity contribution is 6.35. The number of non-ortho nitro benzene ring substituents is 1. The van der Waals surface area contributed by atoms with Crippen LogP contribution in [-0.2, 0) is 11.3 Å². The third kappa shape index (κ3) is 3.68. The third-order valence-electron chi connectivity index (χ3n) is 3.69. The summed E-state index contributed by atoms with van der Waals surface area (Å²) in [6.45, 7) is -0.281. The van der Waals surface area contributed by atoms with Crippen molar-refractivity contribution >= 4 is 51.4 Å². The van der Waals surface area contributed by atoms with E-state index in [0.29, 0.717) is 26.6 Å². The van der Waals surface area contributed by atoms with Crippen LogP contribution in [0.3, 0.4) is 0 Å². The van der Waals surface area contributed by atoms with Gasteiger partial charge in [-0.05, 0) is 30.3 Å². The highest BCUT2D eigenvalue weighted by Crippen LogP contribution is 2.25. The van der Waals surface area contributed by atoms with E-state index in [9.17, 15) is 19.7 Å². The highest BCUT2D eigenvalue weighted by atomic mass is 35.5. The minimum Gasteiger partial charge on any atom is -0.323 e. The van der Waals surface area contributed by atoms with Gasteiger partial charge in [0.15, 0.2) is 0 Å². The highest BCUT2D eigenvalue weighted by Gasteiger charge is 2.13. The predicted octanol–water partition coefficient (Wildman–Crippen LogP) is 3.86. The van der Waals surface area contributed by atoms with E-state index in [-0.39, 0.29) is 12.2 Å². The second-order valence-corrected chi connectivity index (χ2v) is 6.27. The summed E-state index contributed by atoms with van der Waals surface area (Å²) in [6, 6.07) is 11.4. The second kappa shape index (κ2) is 7.15. The van der Waals surface area contributed by atoms with E-state index in [1.807, 2.05) is 0 Å². The number of nitrogens with zero attached hydrogens (tertiary/aromatic N) is 2. The van der Waals surface area contributed by atoms with Gasteiger partial charge in [-0.1, -0.05) is 23.2 Å². The number of fused-ring (bicyclic) bond motifs is 1. The first-order valence-corrected chi connectivity index (χ1v) is 8.13. The van der Waals surface area contributed by atoms with Gasteiger partial charge < -0.3 is 5.32 Å². The van der Waals surface area contributed by atoms with E-state index in [4.69, 9.17) is 23.2 Å². The van der Waals surface area contributed by atoms with E-state index in [1.54, 1.807) is 12.1 Å². The van der Waals surface area contributed by atoms with Crippen LogP contribution in [0.15, 0.2) is 53.3 Å². The van der Waals surface area contributed by atoms with Crippen molar-refractivity contribution in [1.29, 1.82) is 0 Å². The van der Waals surface area contributed by atoms with Crippen LogP contribution in [0, 0.1) is 10.1 Å². The van der Waals surface area contributed by atoms with Crippen LogP contribution in [0.5, 0.6) is 0 Å². The molecule has 0 spiro atoms. The Labute approximate surface area is 156 Å². The van der Waals surface area contributed by atoms with Gasteiger partial charge in [0.1, 0.15) is 6.54 Å². The van der Waals surface area contributed by atoms with Crippen molar-refractivity contribution in [2.75, 3.05) is 5.32 Å². The molecule has 2 aromatic carbocycles. The van der Waals surface area contributed by atoms with Crippen LogP contribution in [0.25, 0.3) is 10.9 Å². The van der Waals surface area contributed by atoms with Gasteiger partial charge in [-0.2, -0.15) is 0 Å². The molecule has 26 heavy (non-hydrogen) atoms. The average molecular weight is 392 g/mol. The van der Waals surface area contributed by atoms with Crippen LogP contribution in [-0.4, -0.2) is 15.4 Å². The average Bonchev–Trinajstić information content (AvgIpc) is 2.60. The zero-order valence-corrected chi connectivity index (χ0v) is 14.6. The van der Waals surface area contributed by atoms with Gasteiger partial charge in [0, 0.05) is 28.6 Å². The lowest BCUT2D eigenvalue weighted by Crippen LogP contribution is -2.27. The molecule has 0 radical (unpaired) electrons. The Morgan fingerprint density at radius 2 is 1.88 bits per heavy atom. The molecule has 0 aliphatic heterocycles. The van der Waals surface area contributed by atoms with Crippen molar-refractivity contribution in [2.45, 2.75) is 6.54 Å². The predicted molar refractivity (Wildman–Crippen MR) is 100.0 cm³/mol. The van der Waals surface area contributed by atoms with E-state index >= 15 is 0 Å². The molecule has 0 unspecified atom stereocenters. The molecule has 1 aromatic heterocycles.